The number of hydrogen-bond donors (Lipinski definition) is 2. The van der Waals surface area contributed by atoms with E-state index in [1.54, 1.807) is 7.11 Å². The molecule has 1 amide bonds. The minimum absolute atomic E-state index is 0.0777. The lowest BCUT2D eigenvalue weighted by Crippen LogP contribution is -2.23. The van der Waals surface area contributed by atoms with Crippen molar-refractivity contribution >= 4 is 11.6 Å². The Hall–Kier alpha value is -1.55. The number of amides is 1. The van der Waals surface area contributed by atoms with Gasteiger partial charge >= 0.3 is 0 Å². The van der Waals surface area contributed by atoms with Crippen molar-refractivity contribution in [3.05, 3.63) is 24.3 Å². The molecule has 4 heteroatoms. The Labute approximate surface area is 108 Å². The molecule has 1 heterocycles. The molecule has 4 nitrogen and oxygen atoms in total. The summed E-state index contributed by atoms with van der Waals surface area (Å²) >= 11 is 0. The molecule has 0 aromatic heterocycles. The Morgan fingerprint density at radius 2 is 2.22 bits per heavy atom. The zero-order chi connectivity index (χ0) is 12.8. The molecule has 0 saturated carbocycles. The van der Waals surface area contributed by atoms with Crippen LogP contribution in [0.4, 0.5) is 5.69 Å². The van der Waals surface area contributed by atoms with Crippen LogP contribution in [0.25, 0.3) is 0 Å². The summed E-state index contributed by atoms with van der Waals surface area (Å²) in [5, 5.41) is 6.29. The summed E-state index contributed by atoms with van der Waals surface area (Å²) in [5.41, 5.74) is 0.820. The molecule has 1 saturated heterocycles. The fourth-order valence-corrected chi connectivity index (χ4v) is 2.21. The summed E-state index contributed by atoms with van der Waals surface area (Å²) in [6, 6.07) is 7.91. The Balaban J connectivity index is 1.75. The number of anilines is 1. The monoisotopic (exact) mass is 248 g/mol. The molecular weight excluding hydrogens is 228 g/mol. The Morgan fingerprint density at radius 1 is 1.44 bits per heavy atom. The van der Waals surface area contributed by atoms with E-state index in [0.29, 0.717) is 12.5 Å². The van der Waals surface area contributed by atoms with Crippen LogP contribution in [-0.2, 0) is 4.79 Å². The third-order valence-corrected chi connectivity index (χ3v) is 3.26. The number of rotatable bonds is 5. The maximum atomic E-state index is 11.8. The van der Waals surface area contributed by atoms with Gasteiger partial charge in [0.05, 0.1) is 7.11 Å². The van der Waals surface area contributed by atoms with Gasteiger partial charge in [-0.25, -0.2) is 0 Å². The van der Waals surface area contributed by atoms with E-state index in [2.05, 4.69) is 10.6 Å². The fourth-order valence-electron chi connectivity index (χ4n) is 2.21. The third kappa shape index (κ3) is 3.74. The molecule has 1 aromatic carbocycles. The van der Waals surface area contributed by atoms with E-state index < -0.39 is 0 Å². The van der Waals surface area contributed by atoms with Crippen molar-refractivity contribution in [3.63, 3.8) is 0 Å². The van der Waals surface area contributed by atoms with Crippen LogP contribution in [0.3, 0.4) is 0 Å². The molecule has 1 unspecified atom stereocenters. The van der Waals surface area contributed by atoms with Crippen molar-refractivity contribution in [2.45, 2.75) is 31.7 Å². The molecule has 1 fully saturated rings. The van der Waals surface area contributed by atoms with E-state index >= 15 is 0 Å². The molecule has 0 bridgehead atoms. The van der Waals surface area contributed by atoms with E-state index in [0.717, 1.165) is 24.4 Å². The summed E-state index contributed by atoms with van der Waals surface area (Å²) < 4.78 is 5.07. The molecule has 98 valence electrons. The van der Waals surface area contributed by atoms with Gasteiger partial charge in [0.25, 0.3) is 0 Å². The highest BCUT2D eigenvalue weighted by molar-refractivity contribution is 5.90. The predicted molar refractivity (Wildman–Crippen MR) is 71.9 cm³/mol. The molecule has 0 radical (unpaired) electrons. The predicted octanol–water partition coefficient (Wildman–Crippen LogP) is 2.17. The lowest BCUT2D eigenvalue weighted by atomic mass is 10.1. The van der Waals surface area contributed by atoms with Crippen molar-refractivity contribution < 1.29 is 9.53 Å². The zero-order valence-corrected chi connectivity index (χ0v) is 10.7. The third-order valence-electron chi connectivity index (χ3n) is 3.26. The molecule has 0 aliphatic carbocycles. The number of carbonyl (C=O) groups is 1. The lowest BCUT2D eigenvalue weighted by Gasteiger charge is -2.10. The molecule has 2 N–H and O–H groups in total. The topological polar surface area (TPSA) is 50.4 Å². The van der Waals surface area contributed by atoms with Crippen LogP contribution in [0.1, 0.15) is 25.7 Å². The number of carbonyl (C=O) groups excluding carboxylic acids is 1. The first-order valence-corrected chi connectivity index (χ1v) is 6.45. The maximum Gasteiger partial charge on any atom is 0.224 e. The lowest BCUT2D eigenvalue weighted by molar-refractivity contribution is -0.116. The smallest absolute Gasteiger partial charge is 0.224 e. The second-order valence-corrected chi connectivity index (χ2v) is 4.61. The molecule has 1 aromatic rings. The number of ether oxygens (including phenoxy) is 1. The van der Waals surface area contributed by atoms with E-state index in [1.165, 1.54) is 12.8 Å². The molecule has 1 aliphatic rings. The highest BCUT2D eigenvalue weighted by atomic mass is 16.5. The average Bonchev–Trinajstić information content (AvgIpc) is 2.90. The molecule has 1 aliphatic heterocycles. The van der Waals surface area contributed by atoms with E-state index in [9.17, 15) is 4.79 Å². The Kier molecular flexibility index (Phi) is 4.59. The summed E-state index contributed by atoms with van der Waals surface area (Å²) in [6.45, 7) is 1.09. The summed E-state index contributed by atoms with van der Waals surface area (Å²) in [4.78, 5) is 11.8. The highest BCUT2D eigenvalue weighted by Crippen LogP contribution is 2.16. The van der Waals surface area contributed by atoms with Crippen molar-refractivity contribution in [1.29, 1.82) is 0 Å². The first-order chi connectivity index (χ1) is 8.78. The molecule has 18 heavy (non-hydrogen) atoms. The van der Waals surface area contributed by atoms with Crippen LogP contribution in [0.15, 0.2) is 24.3 Å². The number of benzene rings is 1. The van der Waals surface area contributed by atoms with Crippen molar-refractivity contribution in [2.75, 3.05) is 19.0 Å². The Bertz CT molecular complexity index is 383. The number of hydrogen-bond acceptors (Lipinski definition) is 3. The first-order valence-electron chi connectivity index (χ1n) is 6.45. The minimum Gasteiger partial charge on any atom is -0.497 e. The Morgan fingerprint density at radius 3 is 2.83 bits per heavy atom. The molecule has 2 rings (SSSR count). The van der Waals surface area contributed by atoms with Crippen LogP contribution in [0, 0.1) is 0 Å². The standard InChI is InChI=1S/C14H20N2O2/c1-18-13-7-4-12(5-8-13)16-14(17)9-6-11-3-2-10-15-11/h4-5,7-8,11,15H,2-3,6,9-10H2,1H3,(H,16,17). The molecular formula is C14H20N2O2. The van der Waals surface area contributed by atoms with Crippen molar-refractivity contribution in [1.82, 2.24) is 5.32 Å². The number of methoxy groups -OCH3 is 1. The van der Waals surface area contributed by atoms with Crippen LogP contribution >= 0.6 is 0 Å². The normalized spacial score (nSPS) is 18.6. The van der Waals surface area contributed by atoms with Gasteiger partial charge in [0.2, 0.25) is 5.91 Å². The van der Waals surface area contributed by atoms with Gasteiger partial charge in [0.15, 0.2) is 0 Å². The van der Waals surface area contributed by atoms with E-state index in [1.807, 2.05) is 24.3 Å². The minimum atomic E-state index is 0.0777. The van der Waals surface area contributed by atoms with E-state index in [4.69, 9.17) is 4.74 Å². The van der Waals surface area contributed by atoms with Crippen LogP contribution < -0.4 is 15.4 Å². The van der Waals surface area contributed by atoms with Crippen molar-refractivity contribution in [3.8, 4) is 5.75 Å². The van der Waals surface area contributed by atoms with Gasteiger partial charge in [0, 0.05) is 18.2 Å². The van der Waals surface area contributed by atoms with E-state index in [-0.39, 0.29) is 5.91 Å². The second kappa shape index (κ2) is 6.40. The van der Waals surface area contributed by atoms with Gasteiger partial charge in [-0.15, -0.1) is 0 Å². The quantitative estimate of drug-likeness (QED) is 0.839. The van der Waals surface area contributed by atoms with Gasteiger partial charge in [0.1, 0.15) is 5.75 Å². The summed E-state index contributed by atoms with van der Waals surface area (Å²) in [7, 11) is 1.63. The van der Waals surface area contributed by atoms with Crippen LogP contribution in [0.5, 0.6) is 5.75 Å². The van der Waals surface area contributed by atoms with Crippen LogP contribution in [0.2, 0.25) is 0 Å². The van der Waals surface area contributed by atoms with Crippen molar-refractivity contribution in [2.24, 2.45) is 0 Å². The largest absolute Gasteiger partial charge is 0.497 e. The first kappa shape index (κ1) is 12.9. The number of nitrogens with one attached hydrogen (secondary N) is 2. The molecule has 1 atom stereocenters. The second-order valence-electron chi connectivity index (χ2n) is 4.61. The zero-order valence-electron chi connectivity index (χ0n) is 10.7. The van der Waals surface area contributed by atoms with Gasteiger partial charge in [-0.1, -0.05) is 0 Å². The van der Waals surface area contributed by atoms with Gasteiger partial charge < -0.3 is 15.4 Å². The van der Waals surface area contributed by atoms with Crippen LogP contribution in [-0.4, -0.2) is 25.6 Å². The van der Waals surface area contributed by atoms with Gasteiger partial charge in [-0.3, -0.25) is 4.79 Å². The fraction of sp³-hybridized carbons (Fsp3) is 0.500. The maximum absolute atomic E-state index is 11.8. The van der Waals surface area contributed by atoms with Gasteiger partial charge in [-0.2, -0.15) is 0 Å². The average molecular weight is 248 g/mol. The summed E-state index contributed by atoms with van der Waals surface area (Å²) in [6.07, 6.45) is 3.91. The highest BCUT2D eigenvalue weighted by Gasteiger charge is 2.15. The molecule has 0 spiro atoms. The SMILES string of the molecule is COc1ccc(NC(=O)CCC2CCCN2)cc1. The van der Waals surface area contributed by atoms with Gasteiger partial charge in [-0.05, 0) is 50.1 Å². The summed E-state index contributed by atoms with van der Waals surface area (Å²) in [5.74, 6) is 0.872.